The fourth-order valence-electron chi connectivity index (χ4n) is 1.59. The summed E-state index contributed by atoms with van der Waals surface area (Å²) in [7, 11) is 0. The van der Waals surface area contributed by atoms with E-state index in [1.165, 1.54) is 6.42 Å². The van der Waals surface area contributed by atoms with Gasteiger partial charge in [-0.25, -0.2) is 0 Å². The summed E-state index contributed by atoms with van der Waals surface area (Å²) >= 11 is 3.51. The first-order valence-corrected chi connectivity index (χ1v) is 6.73. The van der Waals surface area contributed by atoms with E-state index < -0.39 is 0 Å². The van der Waals surface area contributed by atoms with E-state index in [2.05, 4.69) is 36.7 Å². The van der Waals surface area contributed by atoms with Gasteiger partial charge in [-0.2, -0.15) is 0 Å². The molecule has 0 spiro atoms. The summed E-state index contributed by atoms with van der Waals surface area (Å²) < 4.78 is 0. The van der Waals surface area contributed by atoms with Crippen LogP contribution in [-0.4, -0.2) is 11.1 Å². The minimum Gasteiger partial charge on any atom is -0.299 e. The second kappa shape index (κ2) is 7.44. The molecule has 2 atom stereocenters. The molecule has 0 heterocycles. The zero-order valence-electron chi connectivity index (χ0n) is 9.85. The maximum absolute atomic E-state index is 11.5. The van der Waals surface area contributed by atoms with Gasteiger partial charge in [-0.05, 0) is 18.3 Å². The molecule has 0 bridgehead atoms. The molecule has 0 radical (unpaired) electrons. The molecule has 0 aliphatic rings. The monoisotopic (exact) mass is 262 g/mol. The van der Waals surface area contributed by atoms with Crippen molar-refractivity contribution in [3.8, 4) is 0 Å². The number of carbonyl (C=O) groups excluding carboxylic acids is 1. The van der Waals surface area contributed by atoms with E-state index in [1.807, 2.05) is 6.92 Å². The van der Waals surface area contributed by atoms with E-state index in [9.17, 15) is 4.79 Å². The number of halogens is 1. The Bertz CT molecular complexity index is 166. The van der Waals surface area contributed by atoms with Crippen LogP contribution >= 0.6 is 15.9 Å². The molecular weight excluding hydrogens is 240 g/mol. The van der Waals surface area contributed by atoms with Gasteiger partial charge in [0.1, 0.15) is 5.78 Å². The second-order valence-corrected chi connectivity index (χ2v) is 5.14. The maximum Gasteiger partial charge on any atom is 0.135 e. The average Bonchev–Trinajstić information content (AvgIpc) is 2.16. The van der Waals surface area contributed by atoms with E-state index in [1.54, 1.807) is 0 Å². The standard InChI is InChI=1S/C12H23BrO/c1-5-12(14)10(4)11(8-13)7-6-9(2)3/h9-11H,5-8H2,1-4H3/t10?,11-/m0/s1. The highest BCUT2D eigenvalue weighted by Crippen LogP contribution is 2.23. The summed E-state index contributed by atoms with van der Waals surface area (Å²) in [5.41, 5.74) is 0. The Morgan fingerprint density at radius 2 is 1.79 bits per heavy atom. The molecule has 0 aliphatic heterocycles. The maximum atomic E-state index is 11.5. The summed E-state index contributed by atoms with van der Waals surface area (Å²) in [6.45, 7) is 8.49. The van der Waals surface area contributed by atoms with Gasteiger partial charge in [0.2, 0.25) is 0 Å². The molecule has 14 heavy (non-hydrogen) atoms. The second-order valence-electron chi connectivity index (χ2n) is 4.49. The predicted octanol–water partition coefficient (Wildman–Crippen LogP) is 4.05. The zero-order chi connectivity index (χ0) is 11.1. The lowest BCUT2D eigenvalue weighted by atomic mass is 9.86. The first-order valence-electron chi connectivity index (χ1n) is 5.61. The molecule has 0 aromatic carbocycles. The van der Waals surface area contributed by atoms with Crippen molar-refractivity contribution in [1.29, 1.82) is 0 Å². The van der Waals surface area contributed by atoms with E-state index in [-0.39, 0.29) is 5.92 Å². The SMILES string of the molecule is CCC(=O)C(C)[C@H](CBr)CCC(C)C. The highest BCUT2D eigenvalue weighted by Gasteiger charge is 2.21. The molecule has 2 heteroatoms. The van der Waals surface area contributed by atoms with E-state index in [4.69, 9.17) is 0 Å². The van der Waals surface area contributed by atoms with Gasteiger partial charge in [-0.15, -0.1) is 0 Å². The Hall–Kier alpha value is 0.150. The molecule has 0 aromatic heterocycles. The Balaban J connectivity index is 4.05. The van der Waals surface area contributed by atoms with Gasteiger partial charge in [-0.3, -0.25) is 4.79 Å². The molecule has 0 saturated carbocycles. The van der Waals surface area contributed by atoms with Gasteiger partial charge < -0.3 is 0 Å². The number of ketones is 1. The average molecular weight is 263 g/mol. The number of rotatable bonds is 7. The van der Waals surface area contributed by atoms with Crippen molar-refractivity contribution >= 4 is 21.7 Å². The lowest BCUT2D eigenvalue weighted by molar-refractivity contribution is -0.123. The Kier molecular flexibility index (Phi) is 7.52. The van der Waals surface area contributed by atoms with Crippen molar-refractivity contribution in [2.75, 3.05) is 5.33 Å². The topological polar surface area (TPSA) is 17.1 Å². The molecule has 0 aromatic rings. The first-order chi connectivity index (χ1) is 6.52. The summed E-state index contributed by atoms with van der Waals surface area (Å²) in [4.78, 5) is 11.5. The van der Waals surface area contributed by atoms with Gasteiger partial charge in [0.05, 0.1) is 0 Å². The van der Waals surface area contributed by atoms with E-state index >= 15 is 0 Å². The molecule has 0 saturated heterocycles. The van der Waals surface area contributed by atoms with Crippen molar-refractivity contribution < 1.29 is 4.79 Å². The highest BCUT2D eigenvalue weighted by atomic mass is 79.9. The normalized spacial score (nSPS) is 15.6. The number of hydrogen-bond acceptors (Lipinski definition) is 1. The van der Waals surface area contributed by atoms with Crippen molar-refractivity contribution in [3.05, 3.63) is 0 Å². The summed E-state index contributed by atoms with van der Waals surface area (Å²) in [6, 6.07) is 0. The largest absolute Gasteiger partial charge is 0.299 e. The van der Waals surface area contributed by atoms with E-state index in [0.717, 1.165) is 17.7 Å². The number of hydrogen-bond donors (Lipinski definition) is 0. The molecule has 1 nitrogen and oxygen atoms in total. The first kappa shape index (κ1) is 14.2. The van der Waals surface area contributed by atoms with Gasteiger partial charge in [0.15, 0.2) is 0 Å². The van der Waals surface area contributed by atoms with Crippen LogP contribution in [0.25, 0.3) is 0 Å². The molecule has 0 rings (SSSR count). The number of alkyl halides is 1. The third-order valence-electron chi connectivity index (χ3n) is 2.88. The van der Waals surface area contributed by atoms with Crippen LogP contribution in [0, 0.1) is 17.8 Å². The van der Waals surface area contributed by atoms with Crippen molar-refractivity contribution in [3.63, 3.8) is 0 Å². The molecule has 84 valence electrons. The fourth-order valence-corrected chi connectivity index (χ4v) is 2.48. The fraction of sp³-hybridized carbons (Fsp3) is 0.917. The van der Waals surface area contributed by atoms with Crippen LogP contribution in [0.1, 0.15) is 47.0 Å². The molecule has 1 unspecified atom stereocenters. The Morgan fingerprint density at radius 1 is 1.21 bits per heavy atom. The lowest BCUT2D eigenvalue weighted by Gasteiger charge is -2.21. The molecule has 0 fully saturated rings. The summed E-state index contributed by atoms with van der Waals surface area (Å²) in [6.07, 6.45) is 3.06. The van der Waals surface area contributed by atoms with Gasteiger partial charge in [0.25, 0.3) is 0 Å². The summed E-state index contributed by atoms with van der Waals surface area (Å²) in [5, 5.41) is 0.951. The van der Waals surface area contributed by atoms with Gasteiger partial charge in [-0.1, -0.05) is 50.0 Å². The number of Topliss-reactive ketones (excluding diaryl/α,β-unsaturated/α-hetero) is 1. The van der Waals surface area contributed by atoms with Crippen molar-refractivity contribution in [2.24, 2.45) is 17.8 Å². The Labute approximate surface area is 96.8 Å². The van der Waals surface area contributed by atoms with Crippen LogP contribution in [0.15, 0.2) is 0 Å². The minimum atomic E-state index is 0.220. The van der Waals surface area contributed by atoms with E-state index in [0.29, 0.717) is 18.1 Å². The number of carbonyl (C=O) groups is 1. The van der Waals surface area contributed by atoms with Crippen molar-refractivity contribution in [1.82, 2.24) is 0 Å². The lowest BCUT2D eigenvalue weighted by Crippen LogP contribution is -2.22. The van der Waals surface area contributed by atoms with Crippen LogP contribution in [0.2, 0.25) is 0 Å². The quantitative estimate of drug-likeness (QED) is 0.633. The van der Waals surface area contributed by atoms with Crippen LogP contribution in [-0.2, 0) is 4.79 Å². The van der Waals surface area contributed by atoms with Gasteiger partial charge in [0, 0.05) is 17.7 Å². The third-order valence-corrected chi connectivity index (χ3v) is 3.71. The van der Waals surface area contributed by atoms with Crippen LogP contribution in [0.5, 0.6) is 0 Å². The smallest absolute Gasteiger partial charge is 0.135 e. The Morgan fingerprint density at radius 3 is 2.14 bits per heavy atom. The third kappa shape index (κ3) is 5.14. The summed E-state index contributed by atoms with van der Waals surface area (Å²) in [5.74, 6) is 1.88. The van der Waals surface area contributed by atoms with Crippen LogP contribution in [0.4, 0.5) is 0 Å². The molecular formula is C12H23BrO. The predicted molar refractivity (Wildman–Crippen MR) is 65.8 cm³/mol. The van der Waals surface area contributed by atoms with Gasteiger partial charge >= 0.3 is 0 Å². The van der Waals surface area contributed by atoms with Crippen LogP contribution < -0.4 is 0 Å². The minimum absolute atomic E-state index is 0.220. The highest BCUT2D eigenvalue weighted by molar-refractivity contribution is 9.09. The molecule has 0 amide bonds. The molecule has 0 N–H and O–H groups in total. The van der Waals surface area contributed by atoms with Crippen molar-refractivity contribution in [2.45, 2.75) is 47.0 Å². The zero-order valence-corrected chi connectivity index (χ0v) is 11.4. The molecule has 0 aliphatic carbocycles. The van der Waals surface area contributed by atoms with Crippen LogP contribution in [0.3, 0.4) is 0 Å².